The highest BCUT2D eigenvalue weighted by Gasteiger charge is 2.23. The van der Waals surface area contributed by atoms with Crippen LogP contribution in [0, 0.1) is 5.82 Å². The smallest absolute Gasteiger partial charge is 0.244 e. The minimum absolute atomic E-state index is 0.170. The summed E-state index contributed by atoms with van der Waals surface area (Å²) in [5, 5.41) is 0. The van der Waals surface area contributed by atoms with Crippen LogP contribution in [0.5, 0.6) is 0 Å². The highest BCUT2D eigenvalue weighted by molar-refractivity contribution is 7.89. The van der Waals surface area contributed by atoms with E-state index in [0.717, 1.165) is 32.0 Å². The van der Waals surface area contributed by atoms with Crippen LogP contribution in [0.15, 0.2) is 47.5 Å². The van der Waals surface area contributed by atoms with Crippen molar-refractivity contribution in [1.29, 1.82) is 0 Å². The van der Waals surface area contributed by atoms with Crippen LogP contribution >= 0.6 is 0 Å². The number of pyridine rings is 1. The molecule has 3 rings (SSSR count). The van der Waals surface area contributed by atoms with Gasteiger partial charge in [-0.25, -0.2) is 17.8 Å². The lowest BCUT2D eigenvalue weighted by Crippen LogP contribution is -2.46. The second kappa shape index (κ2) is 8.98. The molecule has 1 saturated heterocycles. The van der Waals surface area contributed by atoms with Crippen molar-refractivity contribution in [3.63, 3.8) is 0 Å². The van der Waals surface area contributed by atoms with Crippen LogP contribution < -0.4 is 4.90 Å². The van der Waals surface area contributed by atoms with Crippen LogP contribution in [-0.2, 0) is 16.6 Å². The van der Waals surface area contributed by atoms with Crippen molar-refractivity contribution in [1.82, 2.24) is 14.2 Å². The molecule has 1 aromatic carbocycles. The van der Waals surface area contributed by atoms with Crippen LogP contribution in [0.25, 0.3) is 0 Å². The maximum absolute atomic E-state index is 13.8. The first-order chi connectivity index (χ1) is 13.5. The van der Waals surface area contributed by atoms with Gasteiger partial charge in [-0.1, -0.05) is 32.0 Å². The molecule has 1 fully saturated rings. The van der Waals surface area contributed by atoms with Gasteiger partial charge in [0.2, 0.25) is 10.0 Å². The Bertz CT molecular complexity index is 877. The summed E-state index contributed by atoms with van der Waals surface area (Å²) in [6.45, 7) is 8.25. The number of benzene rings is 1. The van der Waals surface area contributed by atoms with Gasteiger partial charge in [0, 0.05) is 57.6 Å². The predicted molar refractivity (Wildman–Crippen MR) is 108 cm³/mol. The number of anilines is 1. The van der Waals surface area contributed by atoms with Gasteiger partial charge < -0.3 is 4.90 Å². The lowest BCUT2D eigenvalue weighted by Gasteiger charge is -2.35. The molecule has 0 spiro atoms. The highest BCUT2D eigenvalue weighted by Crippen LogP contribution is 2.20. The lowest BCUT2D eigenvalue weighted by molar-refractivity contribution is 0.246. The van der Waals surface area contributed by atoms with E-state index in [1.165, 1.54) is 16.6 Å². The topological polar surface area (TPSA) is 56.8 Å². The Balaban J connectivity index is 1.61. The van der Waals surface area contributed by atoms with Crippen LogP contribution in [0.2, 0.25) is 0 Å². The zero-order valence-corrected chi connectivity index (χ0v) is 17.2. The average Bonchev–Trinajstić information content (AvgIpc) is 2.71. The molecule has 0 saturated carbocycles. The van der Waals surface area contributed by atoms with Gasteiger partial charge >= 0.3 is 0 Å². The monoisotopic (exact) mass is 406 g/mol. The molecule has 0 N–H and O–H groups in total. The van der Waals surface area contributed by atoms with E-state index in [4.69, 9.17) is 0 Å². The van der Waals surface area contributed by atoms with E-state index in [0.29, 0.717) is 25.2 Å². The molecule has 0 unspecified atom stereocenters. The SMILES string of the molecule is CCN(CC)S(=O)(=O)c1ccc(N2CCN(Cc3ccccc3F)CC2)nc1. The number of hydrogen-bond acceptors (Lipinski definition) is 5. The molecule has 0 aliphatic carbocycles. The molecule has 1 aromatic heterocycles. The van der Waals surface area contributed by atoms with Crippen LogP contribution in [0.4, 0.5) is 10.2 Å². The van der Waals surface area contributed by atoms with Crippen molar-refractivity contribution in [3.8, 4) is 0 Å². The predicted octanol–water partition coefficient (Wildman–Crippen LogP) is 2.57. The summed E-state index contributed by atoms with van der Waals surface area (Å²) >= 11 is 0. The molecular weight excluding hydrogens is 379 g/mol. The molecule has 0 amide bonds. The third kappa shape index (κ3) is 4.51. The van der Waals surface area contributed by atoms with E-state index in [2.05, 4.69) is 14.8 Å². The fourth-order valence-electron chi connectivity index (χ4n) is 3.43. The van der Waals surface area contributed by atoms with Crippen molar-refractivity contribution in [3.05, 3.63) is 54.0 Å². The first-order valence-corrected chi connectivity index (χ1v) is 11.1. The maximum atomic E-state index is 13.8. The van der Waals surface area contributed by atoms with Crippen molar-refractivity contribution >= 4 is 15.8 Å². The largest absolute Gasteiger partial charge is 0.354 e. The Morgan fingerprint density at radius 1 is 1.04 bits per heavy atom. The number of aromatic nitrogens is 1. The summed E-state index contributed by atoms with van der Waals surface area (Å²) in [5.41, 5.74) is 0.708. The summed E-state index contributed by atoms with van der Waals surface area (Å²) in [6, 6.07) is 10.3. The molecule has 28 heavy (non-hydrogen) atoms. The first kappa shape index (κ1) is 20.7. The van der Waals surface area contributed by atoms with Gasteiger partial charge in [-0.15, -0.1) is 0 Å². The molecule has 1 aliphatic rings. The van der Waals surface area contributed by atoms with Crippen molar-refractivity contribution < 1.29 is 12.8 Å². The average molecular weight is 407 g/mol. The molecule has 1 aliphatic heterocycles. The number of halogens is 1. The van der Waals surface area contributed by atoms with Gasteiger partial charge in [-0.2, -0.15) is 4.31 Å². The van der Waals surface area contributed by atoms with Crippen molar-refractivity contribution in [2.45, 2.75) is 25.3 Å². The summed E-state index contributed by atoms with van der Waals surface area (Å²) in [7, 11) is -3.49. The van der Waals surface area contributed by atoms with Crippen LogP contribution in [0.1, 0.15) is 19.4 Å². The summed E-state index contributed by atoms with van der Waals surface area (Å²) < 4.78 is 40.4. The molecule has 0 radical (unpaired) electrons. The van der Waals surface area contributed by atoms with E-state index >= 15 is 0 Å². The maximum Gasteiger partial charge on any atom is 0.244 e. The Kier molecular flexibility index (Phi) is 6.64. The van der Waals surface area contributed by atoms with Gasteiger partial charge in [0.25, 0.3) is 0 Å². The Labute approximate surface area is 166 Å². The van der Waals surface area contributed by atoms with Gasteiger partial charge in [-0.05, 0) is 18.2 Å². The van der Waals surface area contributed by atoms with Crippen LogP contribution in [0.3, 0.4) is 0 Å². The lowest BCUT2D eigenvalue weighted by atomic mass is 10.2. The Morgan fingerprint density at radius 2 is 1.71 bits per heavy atom. The summed E-state index contributed by atoms with van der Waals surface area (Å²) in [6.07, 6.45) is 1.44. The fourth-order valence-corrected chi connectivity index (χ4v) is 4.83. The number of hydrogen-bond donors (Lipinski definition) is 0. The zero-order chi connectivity index (χ0) is 20.1. The number of piperazine rings is 1. The van der Waals surface area contributed by atoms with E-state index in [-0.39, 0.29) is 10.7 Å². The van der Waals surface area contributed by atoms with E-state index in [1.807, 2.05) is 26.0 Å². The van der Waals surface area contributed by atoms with E-state index < -0.39 is 10.0 Å². The molecular formula is C20H27FN4O2S. The molecule has 0 atom stereocenters. The van der Waals surface area contributed by atoms with Gasteiger partial charge in [0.15, 0.2) is 0 Å². The molecule has 2 aromatic rings. The molecule has 6 nitrogen and oxygen atoms in total. The Morgan fingerprint density at radius 3 is 2.29 bits per heavy atom. The minimum atomic E-state index is -3.49. The molecule has 2 heterocycles. The number of sulfonamides is 1. The van der Waals surface area contributed by atoms with Crippen molar-refractivity contribution in [2.75, 3.05) is 44.2 Å². The van der Waals surface area contributed by atoms with Crippen LogP contribution in [-0.4, -0.2) is 61.9 Å². The van der Waals surface area contributed by atoms with E-state index in [9.17, 15) is 12.8 Å². The summed E-state index contributed by atoms with van der Waals surface area (Å²) in [4.78, 5) is 8.95. The van der Waals surface area contributed by atoms with Crippen molar-refractivity contribution in [2.24, 2.45) is 0 Å². The second-order valence-electron chi connectivity index (χ2n) is 6.80. The number of rotatable bonds is 7. The number of nitrogens with zero attached hydrogens (tertiary/aromatic N) is 4. The quantitative estimate of drug-likeness (QED) is 0.707. The minimum Gasteiger partial charge on any atom is -0.354 e. The fraction of sp³-hybridized carbons (Fsp3) is 0.450. The third-order valence-electron chi connectivity index (χ3n) is 5.11. The van der Waals surface area contributed by atoms with Gasteiger partial charge in [0.05, 0.1) is 0 Å². The Hall–Kier alpha value is -2.03. The molecule has 0 bridgehead atoms. The third-order valence-corrected chi connectivity index (χ3v) is 7.15. The summed E-state index contributed by atoms with van der Waals surface area (Å²) in [5.74, 6) is 0.598. The van der Waals surface area contributed by atoms with Gasteiger partial charge in [-0.3, -0.25) is 4.90 Å². The normalized spacial score (nSPS) is 15.9. The van der Waals surface area contributed by atoms with E-state index in [1.54, 1.807) is 18.2 Å². The zero-order valence-electron chi connectivity index (χ0n) is 16.4. The molecule has 8 heteroatoms. The standard InChI is InChI=1S/C20H27FN4O2S/c1-3-25(4-2)28(26,27)18-9-10-20(22-15-18)24-13-11-23(12-14-24)16-17-7-5-6-8-19(17)21/h5-10,15H,3-4,11-14,16H2,1-2H3. The second-order valence-corrected chi connectivity index (χ2v) is 8.73. The van der Waals surface area contributed by atoms with Gasteiger partial charge in [0.1, 0.15) is 16.5 Å². The highest BCUT2D eigenvalue weighted by atomic mass is 32.2. The molecule has 152 valence electrons. The first-order valence-electron chi connectivity index (χ1n) is 9.62.